The standard InChI is InChI=1S/2C10H5Cl2NO2.3H2O.Zn/c2*11-6-3-5-1-2-7(12)8(10(14)15)9(5)13-4-6;;;;/h2*1-4H,(H,14,15);3*1H2;/q;;;;;+2. The molecule has 0 saturated heterocycles. The first-order valence-electron chi connectivity index (χ1n) is 8.09. The Morgan fingerprint density at radius 2 is 1.00 bits per heavy atom. The van der Waals surface area contributed by atoms with E-state index in [9.17, 15) is 19.8 Å². The number of carboxylic acids is 2. The summed E-state index contributed by atoms with van der Waals surface area (Å²) in [6, 6.07) is 9.51. The molecule has 0 fully saturated rings. The number of benzene rings is 2. The van der Waals surface area contributed by atoms with Crippen molar-refractivity contribution in [2.75, 3.05) is 0 Å². The summed E-state index contributed by atoms with van der Waals surface area (Å²) in [6.07, 6.45) is 2.74. The van der Waals surface area contributed by atoms with Crippen molar-refractivity contribution in [3.8, 4) is 0 Å². The zero-order valence-electron chi connectivity index (χ0n) is 17.0. The molecule has 2 heterocycles. The van der Waals surface area contributed by atoms with Crippen LogP contribution in [0.5, 0.6) is 0 Å². The van der Waals surface area contributed by atoms with Gasteiger partial charge in [-0.25, -0.2) is 0 Å². The van der Waals surface area contributed by atoms with Crippen molar-refractivity contribution in [2.24, 2.45) is 0 Å². The number of fused-ring (bicyclic) bond motifs is 2. The first-order valence-corrected chi connectivity index (χ1v) is 9.60. The second kappa shape index (κ2) is 14.3. The van der Waals surface area contributed by atoms with Gasteiger partial charge in [-0.1, -0.05) is 58.5 Å². The van der Waals surface area contributed by atoms with Crippen LogP contribution in [0.4, 0.5) is 0 Å². The van der Waals surface area contributed by atoms with Gasteiger partial charge in [0.1, 0.15) is 0 Å². The third-order valence-electron chi connectivity index (χ3n) is 3.95. The van der Waals surface area contributed by atoms with E-state index >= 15 is 0 Å². The number of halogens is 4. The number of rotatable bonds is 2. The van der Waals surface area contributed by atoms with Gasteiger partial charge in [0.15, 0.2) is 0 Å². The van der Waals surface area contributed by atoms with Gasteiger partial charge in [0.2, 0.25) is 0 Å². The number of carbonyl (C=O) groups excluding carboxylic acids is 2. The molecule has 0 spiro atoms. The number of hydrogen-bond acceptors (Lipinski definition) is 6. The van der Waals surface area contributed by atoms with Crippen LogP contribution in [-0.2, 0) is 30.4 Å². The molecule has 0 aliphatic carbocycles. The van der Waals surface area contributed by atoms with Crippen LogP contribution in [0.15, 0.2) is 48.8 Å². The largest absolute Gasteiger partial charge is 2.00 e. The van der Waals surface area contributed by atoms with Gasteiger partial charge in [0.25, 0.3) is 0 Å². The van der Waals surface area contributed by atoms with Gasteiger partial charge in [0.05, 0.1) is 43.1 Å². The number of aromatic nitrogens is 2. The van der Waals surface area contributed by atoms with Crippen molar-refractivity contribution in [1.29, 1.82) is 0 Å². The molecule has 0 aliphatic heterocycles. The maximum Gasteiger partial charge on any atom is 2.00 e. The van der Waals surface area contributed by atoms with Crippen LogP contribution in [0, 0.1) is 0 Å². The molecule has 4 aromatic rings. The SMILES string of the molecule is O.O=C([O-])c1c(Cl)ccc2cc(Cl)cnc12.O=C([O-])c1c(Cl)ccc2cc(Cl)cnc12.[OH3+].[OH3+].[Zn+2]. The molecular weight excluding hydrogens is 587 g/mol. The smallest absolute Gasteiger partial charge is 0.545 e. The molecule has 9 nitrogen and oxygen atoms in total. The maximum atomic E-state index is 10.9. The molecule has 14 heteroatoms. The molecule has 0 unspecified atom stereocenters. The zero-order valence-corrected chi connectivity index (χ0v) is 23.0. The van der Waals surface area contributed by atoms with Crippen LogP contribution < -0.4 is 10.2 Å². The summed E-state index contributed by atoms with van der Waals surface area (Å²) in [6.45, 7) is 0. The number of pyridine rings is 2. The molecule has 0 amide bonds. The third kappa shape index (κ3) is 7.43. The number of carboxylic acid groups (broad SMARTS) is 2. The molecule has 0 atom stereocenters. The van der Waals surface area contributed by atoms with Crippen molar-refractivity contribution in [3.63, 3.8) is 0 Å². The fourth-order valence-electron chi connectivity index (χ4n) is 2.69. The summed E-state index contributed by atoms with van der Waals surface area (Å²) in [7, 11) is 0. The second-order valence-corrected chi connectivity index (χ2v) is 7.56. The van der Waals surface area contributed by atoms with Crippen LogP contribution in [0.3, 0.4) is 0 Å². The molecular formula is C20H16Cl4N2O7Zn+2. The molecule has 0 saturated carbocycles. The van der Waals surface area contributed by atoms with Crippen LogP contribution in [0.2, 0.25) is 20.1 Å². The van der Waals surface area contributed by atoms with Crippen molar-refractivity contribution in [1.82, 2.24) is 9.97 Å². The summed E-state index contributed by atoms with van der Waals surface area (Å²) in [4.78, 5) is 29.6. The molecule has 176 valence electrons. The molecule has 2 aromatic carbocycles. The van der Waals surface area contributed by atoms with Crippen LogP contribution in [0.1, 0.15) is 20.7 Å². The average Bonchev–Trinajstić information content (AvgIpc) is 2.68. The van der Waals surface area contributed by atoms with Crippen LogP contribution in [0.25, 0.3) is 21.8 Å². The van der Waals surface area contributed by atoms with E-state index in [1.807, 2.05) is 0 Å². The second-order valence-electron chi connectivity index (χ2n) is 5.87. The van der Waals surface area contributed by atoms with E-state index in [0.717, 1.165) is 0 Å². The summed E-state index contributed by atoms with van der Waals surface area (Å²) < 4.78 is 0. The Morgan fingerprint density at radius 3 is 1.29 bits per heavy atom. The van der Waals surface area contributed by atoms with Crippen molar-refractivity contribution < 1.29 is 55.7 Å². The summed E-state index contributed by atoms with van der Waals surface area (Å²) >= 11 is 23.0. The van der Waals surface area contributed by atoms with Gasteiger partial charge >= 0.3 is 19.5 Å². The van der Waals surface area contributed by atoms with E-state index in [2.05, 4.69) is 9.97 Å². The molecule has 8 N–H and O–H groups in total. The van der Waals surface area contributed by atoms with Gasteiger partial charge in [-0.3, -0.25) is 9.97 Å². The van der Waals surface area contributed by atoms with Crippen molar-refractivity contribution in [2.45, 2.75) is 0 Å². The van der Waals surface area contributed by atoms with Gasteiger partial charge in [-0.05, 0) is 24.3 Å². The van der Waals surface area contributed by atoms with Gasteiger partial charge < -0.3 is 36.2 Å². The first kappa shape index (κ1) is 34.0. The quantitative estimate of drug-likeness (QED) is 0.242. The summed E-state index contributed by atoms with van der Waals surface area (Å²) in [5, 5.41) is 24.0. The molecule has 4 rings (SSSR count). The molecule has 0 radical (unpaired) electrons. The third-order valence-corrected chi connectivity index (χ3v) is 4.99. The average molecular weight is 604 g/mol. The van der Waals surface area contributed by atoms with E-state index in [0.29, 0.717) is 20.8 Å². The van der Waals surface area contributed by atoms with Crippen LogP contribution >= 0.6 is 46.4 Å². The Bertz CT molecular complexity index is 1220. The molecule has 34 heavy (non-hydrogen) atoms. The fourth-order valence-corrected chi connectivity index (χ4v) is 3.48. The Labute approximate surface area is 224 Å². The fraction of sp³-hybridized carbons (Fsp3) is 0. The Kier molecular flexibility index (Phi) is 14.3. The van der Waals surface area contributed by atoms with Crippen molar-refractivity contribution in [3.05, 3.63) is 80.0 Å². The van der Waals surface area contributed by atoms with E-state index < -0.39 is 11.9 Å². The number of hydrogen-bond donors (Lipinski definition) is 0. The number of nitrogens with zero attached hydrogens (tertiary/aromatic N) is 2. The molecule has 2 aromatic heterocycles. The Morgan fingerprint density at radius 1 is 0.676 bits per heavy atom. The van der Waals surface area contributed by atoms with E-state index in [1.165, 1.54) is 24.5 Å². The predicted molar refractivity (Wildman–Crippen MR) is 126 cm³/mol. The van der Waals surface area contributed by atoms with Gasteiger partial charge in [0, 0.05) is 34.3 Å². The van der Waals surface area contributed by atoms with Crippen molar-refractivity contribution >= 4 is 80.1 Å². The zero-order chi connectivity index (χ0) is 22.0. The number of aromatic carboxylic acids is 2. The minimum Gasteiger partial charge on any atom is -0.545 e. The minimum absolute atomic E-state index is 0. The maximum absolute atomic E-state index is 10.9. The summed E-state index contributed by atoms with van der Waals surface area (Å²) in [5.41, 5.74) is 0.357. The molecule has 0 bridgehead atoms. The normalized spacial score (nSPS) is 9.29. The van der Waals surface area contributed by atoms with Crippen LogP contribution in [-0.4, -0.2) is 27.4 Å². The van der Waals surface area contributed by atoms with E-state index in [-0.39, 0.29) is 68.1 Å². The van der Waals surface area contributed by atoms with E-state index in [4.69, 9.17) is 46.4 Å². The minimum atomic E-state index is -1.35. The Balaban J connectivity index is 0. The predicted octanol–water partition coefficient (Wildman–Crippen LogP) is 1.14. The number of carbonyl (C=O) groups is 2. The molecule has 0 aliphatic rings. The Hall–Kier alpha value is -2.14. The monoisotopic (exact) mass is 600 g/mol. The first-order chi connectivity index (χ1) is 14.2. The van der Waals surface area contributed by atoms with Gasteiger partial charge in [-0.15, -0.1) is 0 Å². The summed E-state index contributed by atoms with van der Waals surface area (Å²) in [5.74, 6) is -2.69. The van der Waals surface area contributed by atoms with E-state index in [1.54, 1.807) is 24.3 Å². The van der Waals surface area contributed by atoms with Gasteiger partial charge in [-0.2, -0.15) is 0 Å². The topological polar surface area (TPSA) is 204 Å².